The highest BCUT2D eigenvalue weighted by Crippen LogP contribution is 2.40. The minimum atomic E-state index is 0.135. The van der Waals surface area contributed by atoms with Crippen LogP contribution in [0.1, 0.15) is 43.7 Å². The molecule has 0 bridgehead atoms. The van der Waals surface area contributed by atoms with Crippen molar-refractivity contribution >= 4 is 17.2 Å². The van der Waals surface area contributed by atoms with E-state index in [1.807, 2.05) is 16.9 Å². The molecule has 4 heterocycles. The molecule has 5 rings (SSSR count). The second-order valence-corrected chi connectivity index (χ2v) is 7.41. The van der Waals surface area contributed by atoms with Gasteiger partial charge in [0.15, 0.2) is 5.82 Å². The van der Waals surface area contributed by atoms with Gasteiger partial charge >= 0.3 is 0 Å². The lowest BCUT2D eigenvalue weighted by Crippen LogP contribution is -2.55. The molecule has 3 aliphatic rings. The van der Waals surface area contributed by atoms with Gasteiger partial charge in [-0.25, -0.2) is 9.50 Å². The SMILES string of the molecule is O=C(C1CN(c2nccn3nc(C4CC4)cc23)C1)N1CCCCC1. The number of likely N-dealkylation sites (tertiary alicyclic amines) is 1. The number of hydrogen-bond donors (Lipinski definition) is 0. The number of fused-ring (bicyclic) bond motifs is 1. The molecule has 0 unspecified atom stereocenters. The minimum Gasteiger partial charge on any atom is -0.353 e. The molecule has 0 aromatic carbocycles. The number of rotatable bonds is 3. The molecule has 0 N–H and O–H groups in total. The summed E-state index contributed by atoms with van der Waals surface area (Å²) in [5.41, 5.74) is 2.26. The Morgan fingerprint density at radius 2 is 1.92 bits per heavy atom. The van der Waals surface area contributed by atoms with Gasteiger partial charge in [-0.2, -0.15) is 5.10 Å². The van der Waals surface area contributed by atoms with Crippen molar-refractivity contribution < 1.29 is 4.79 Å². The van der Waals surface area contributed by atoms with E-state index in [1.54, 1.807) is 0 Å². The molecule has 0 radical (unpaired) electrons. The molecular weight excluding hydrogens is 302 g/mol. The van der Waals surface area contributed by atoms with Crippen LogP contribution in [0, 0.1) is 5.92 Å². The Morgan fingerprint density at radius 3 is 2.67 bits per heavy atom. The first-order chi connectivity index (χ1) is 11.8. The quantitative estimate of drug-likeness (QED) is 0.867. The summed E-state index contributed by atoms with van der Waals surface area (Å²) in [6, 6.07) is 2.18. The summed E-state index contributed by atoms with van der Waals surface area (Å²) in [6.07, 6.45) is 9.81. The first-order valence-corrected chi connectivity index (χ1v) is 9.17. The van der Waals surface area contributed by atoms with Crippen molar-refractivity contribution in [2.24, 2.45) is 5.92 Å². The van der Waals surface area contributed by atoms with Gasteiger partial charge in [-0.05, 0) is 38.2 Å². The second-order valence-electron chi connectivity index (χ2n) is 7.41. The molecule has 3 fully saturated rings. The molecule has 2 saturated heterocycles. The number of hydrogen-bond acceptors (Lipinski definition) is 4. The molecular formula is C18H23N5O. The van der Waals surface area contributed by atoms with E-state index in [0.29, 0.717) is 11.8 Å². The molecule has 1 saturated carbocycles. The summed E-state index contributed by atoms with van der Waals surface area (Å²) < 4.78 is 1.94. The molecule has 2 aliphatic heterocycles. The summed E-state index contributed by atoms with van der Waals surface area (Å²) >= 11 is 0. The molecule has 0 atom stereocenters. The molecule has 6 heteroatoms. The molecule has 126 valence electrons. The van der Waals surface area contributed by atoms with Crippen molar-refractivity contribution in [3.8, 4) is 0 Å². The van der Waals surface area contributed by atoms with E-state index in [-0.39, 0.29) is 5.92 Å². The normalized spacial score (nSPS) is 22.0. The Hall–Kier alpha value is -2.11. The van der Waals surface area contributed by atoms with Crippen LogP contribution in [0.15, 0.2) is 18.5 Å². The van der Waals surface area contributed by atoms with E-state index in [2.05, 4.69) is 25.9 Å². The van der Waals surface area contributed by atoms with Crippen LogP contribution in [0.4, 0.5) is 5.82 Å². The number of piperidine rings is 1. The van der Waals surface area contributed by atoms with Gasteiger partial charge in [0.05, 0.1) is 11.6 Å². The van der Waals surface area contributed by atoms with E-state index in [4.69, 9.17) is 0 Å². The summed E-state index contributed by atoms with van der Waals surface area (Å²) in [5, 5.41) is 4.68. The van der Waals surface area contributed by atoms with E-state index >= 15 is 0 Å². The zero-order valence-electron chi connectivity index (χ0n) is 13.9. The smallest absolute Gasteiger partial charge is 0.229 e. The Bertz CT molecular complexity index is 769. The molecule has 24 heavy (non-hydrogen) atoms. The Kier molecular flexibility index (Phi) is 3.24. The maximum absolute atomic E-state index is 12.6. The molecule has 1 aliphatic carbocycles. The maximum Gasteiger partial charge on any atom is 0.229 e. The lowest BCUT2D eigenvalue weighted by molar-refractivity contribution is -0.137. The van der Waals surface area contributed by atoms with Crippen LogP contribution in [-0.4, -0.2) is 51.6 Å². The van der Waals surface area contributed by atoms with Gasteiger partial charge in [-0.15, -0.1) is 0 Å². The van der Waals surface area contributed by atoms with Crippen LogP contribution in [0.2, 0.25) is 0 Å². The van der Waals surface area contributed by atoms with E-state index < -0.39 is 0 Å². The third-order valence-corrected chi connectivity index (χ3v) is 5.58. The standard InChI is InChI=1S/C18H23N5O/c24-18(21-7-2-1-3-8-21)14-11-22(12-14)17-16-10-15(13-4-5-13)20-23(16)9-6-19-17/h6,9-10,13-14H,1-5,7-8,11-12H2. The van der Waals surface area contributed by atoms with Crippen LogP contribution < -0.4 is 4.90 Å². The average Bonchev–Trinajstić information content (AvgIpc) is 3.33. The summed E-state index contributed by atoms with van der Waals surface area (Å²) in [4.78, 5) is 21.4. The fourth-order valence-electron chi connectivity index (χ4n) is 3.93. The predicted octanol–water partition coefficient (Wildman–Crippen LogP) is 2.06. The van der Waals surface area contributed by atoms with Crippen molar-refractivity contribution in [3.05, 3.63) is 24.2 Å². The van der Waals surface area contributed by atoms with Crippen LogP contribution in [0.3, 0.4) is 0 Å². The third kappa shape index (κ3) is 2.36. The predicted molar refractivity (Wildman–Crippen MR) is 91.1 cm³/mol. The molecule has 0 spiro atoms. The fraction of sp³-hybridized carbons (Fsp3) is 0.611. The molecule has 6 nitrogen and oxygen atoms in total. The number of nitrogens with zero attached hydrogens (tertiary/aromatic N) is 5. The van der Waals surface area contributed by atoms with Gasteiger partial charge < -0.3 is 9.80 Å². The zero-order valence-corrected chi connectivity index (χ0v) is 13.9. The van der Waals surface area contributed by atoms with Crippen molar-refractivity contribution in [3.63, 3.8) is 0 Å². The number of carbonyl (C=O) groups is 1. The van der Waals surface area contributed by atoms with Gasteiger partial charge in [-0.3, -0.25) is 4.79 Å². The van der Waals surface area contributed by atoms with Gasteiger partial charge in [-0.1, -0.05) is 0 Å². The van der Waals surface area contributed by atoms with Crippen molar-refractivity contribution in [1.82, 2.24) is 19.5 Å². The number of anilines is 1. The highest BCUT2D eigenvalue weighted by Gasteiger charge is 2.37. The minimum absolute atomic E-state index is 0.135. The Morgan fingerprint density at radius 1 is 1.12 bits per heavy atom. The monoisotopic (exact) mass is 325 g/mol. The highest BCUT2D eigenvalue weighted by molar-refractivity contribution is 5.83. The van der Waals surface area contributed by atoms with Crippen molar-refractivity contribution in [2.75, 3.05) is 31.1 Å². The highest BCUT2D eigenvalue weighted by atomic mass is 16.2. The van der Waals surface area contributed by atoms with Crippen LogP contribution in [0.5, 0.6) is 0 Å². The fourth-order valence-corrected chi connectivity index (χ4v) is 3.93. The van der Waals surface area contributed by atoms with Gasteiger partial charge in [0.2, 0.25) is 5.91 Å². The van der Waals surface area contributed by atoms with E-state index in [0.717, 1.165) is 50.4 Å². The molecule has 1 amide bonds. The summed E-state index contributed by atoms with van der Waals surface area (Å²) in [5.74, 6) is 2.09. The first kappa shape index (κ1) is 14.3. The topological polar surface area (TPSA) is 53.7 Å². The lowest BCUT2D eigenvalue weighted by atomic mass is 9.97. The molecule has 2 aromatic rings. The van der Waals surface area contributed by atoms with E-state index in [9.17, 15) is 4.79 Å². The van der Waals surface area contributed by atoms with Crippen molar-refractivity contribution in [2.45, 2.75) is 38.0 Å². The first-order valence-electron chi connectivity index (χ1n) is 9.17. The Labute approximate surface area is 141 Å². The van der Waals surface area contributed by atoms with Crippen molar-refractivity contribution in [1.29, 1.82) is 0 Å². The van der Waals surface area contributed by atoms with Crippen LogP contribution in [-0.2, 0) is 4.79 Å². The van der Waals surface area contributed by atoms with Crippen LogP contribution in [0.25, 0.3) is 5.52 Å². The van der Waals surface area contributed by atoms with E-state index in [1.165, 1.54) is 25.0 Å². The summed E-state index contributed by atoms with van der Waals surface area (Å²) in [6.45, 7) is 3.45. The van der Waals surface area contributed by atoms with Gasteiger partial charge in [0.25, 0.3) is 0 Å². The number of carbonyl (C=O) groups excluding carboxylic acids is 1. The Balaban J connectivity index is 1.32. The van der Waals surface area contributed by atoms with Gasteiger partial charge in [0, 0.05) is 44.5 Å². The largest absolute Gasteiger partial charge is 0.353 e. The third-order valence-electron chi connectivity index (χ3n) is 5.58. The maximum atomic E-state index is 12.6. The average molecular weight is 325 g/mol. The second kappa shape index (κ2) is 5.46. The van der Waals surface area contributed by atoms with Gasteiger partial charge in [0.1, 0.15) is 5.52 Å². The number of amides is 1. The summed E-state index contributed by atoms with van der Waals surface area (Å²) in [7, 11) is 0. The lowest BCUT2D eigenvalue weighted by Gasteiger charge is -2.42. The van der Waals surface area contributed by atoms with Crippen LogP contribution >= 0.6 is 0 Å². The number of aromatic nitrogens is 3. The molecule has 2 aromatic heterocycles. The zero-order chi connectivity index (χ0) is 16.1.